The molecule has 1 fully saturated rings. The smallest absolute Gasteiger partial charge is 0.330 e. The summed E-state index contributed by atoms with van der Waals surface area (Å²) in [6, 6.07) is 0.456. The van der Waals surface area contributed by atoms with Gasteiger partial charge >= 0.3 is 5.69 Å². The second-order valence-corrected chi connectivity index (χ2v) is 9.27. The number of anilines is 2. The number of nitrogens with zero attached hydrogens (tertiary/aromatic N) is 3. The van der Waals surface area contributed by atoms with Crippen LogP contribution >= 0.6 is 0 Å². The van der Waals surface area contributed by atoms with Crippen molar-refractivity contribution < 1.29 is 9.28 Å². The van der Waals surface area contributed by atoms with Gasteiger partial charge in [-0.1, -0.05) is 27.2 Å². The van der Waals surface area contributed by atoms with Gasteiger partial charge in [0.15, 0.2) is 12.2 Å². The van der Waals surface area contributed by atoms with Crippen molar-refractivity contribution >= 4 is 17.4 Å². The quantitative estimate of drug-likeness (QED) is 0.610. The summed E-state index contributed by atoms with van der Waals surface area (Å²) < 4.78 is 1.97. The van der Waals surface area contributed by atoms with Crippen LogP contribution in [0.4, 0.5) is 11.5 Å². The van der Waals surface area contributed by atoms with Crippen molar-refractivity contribution in [3.8, 4) is 0 Å². The molecule has 1 saturated carbocycles. The van der Waals surface area contributed by atoms with Gasteiger partial charge in [-0.05, 0) is 38.0 Å². The highest BCUT2D eigenvalue weighted by molar-refractivity contribution is 5.96. The minimum Gasteiger partial charge on any atom is -0.383 e. The van der Waals surface area contributed by atoms with Crippen molar-refractivity contribution in [2.24, 2.45) is 5.92 Å². The number of hydrogen-bond acceptors (Lipinski definition) is 4. The number of likely N-dealkylation sites (N-methyl/N-ethyl adjacent to an activating group) is 1. The molecule has 1 amide bonds. The Kier molecular flexibility index (Phi) is 7.68. The van der Waals surface area contributed by atoms with Crippen LogP contribution in [-0.2, 0) is 11.3 Å². The third-order valence-electron chi connectivity index (χ3n) is 5.92. The van der Waals surface area contributed by atoms with Gasteiger partial charge in [-0.25, -0.2) is 4.79 Å². The van der Waals surface area contributed by atoms with Crippen LogP contribution < -0.4 is 21.9 Å². The summed E-state index contributed by atoms with van der Waals surface area (Å²) in [6.45, 7) is 7.07. The Labute approximate surface area is 173 Å². The van der Waals surface area contributed by atoms with Crippen molar-refractivity contribution in [3.05, 3.63) is 20.8 Å². The lowest BCUT2D eigenvalue weighted by Gasteiger charge is -2.37. The van der Waals surface area contributed by atoms with Crippen LogP contribution in [0.1, 0.15) is 59.3 Å². The standard InChI is InChI=1S/C21H37N5O3/c1-6-7-12-24(17(27)14-26(4,5)16-10-8-9-11-16)18-19(22)25(13-15(2)3)21(29)23-20(18)28/h15-16H,6-14H2,1-5H3,(H2-,22,23,28,29)/p+1. The van der Waals surface area contributed by atoms with E-state index in [1.807, 2.05) is 20.8 Å². The molecule has 1 aliphatic rings. The summed E-state index contributed by atoms with van der Waals surface area (Å²) >= 11 is 0. The number of aromatic nitrogens is 2. The number of unbranched alkanes of at least 4 members (excludes halogenated alkanes) is 1. The second-order valence-electron chi connectivity index (χ2n) is 9.27. The number of amides is 1. The SMILES string of the molecule is CCCCN(C(=O)C[N+](C)(C)C1CCCC1)c1c(N)n(CC(C)C)c(=O)[nH]c1=O. The molecule has 1 aromatic rings. The molecule has 0 radical (unpaired) electrons. The molecule has 1 heterocycles. The number of nitrogen functional groups attached to an aromatic ring is 1. The Bertz CT molecular complexity index is 819. The third-order valence-corrected chi connectivity index (χ3v) is 5.92. The fourth-order valence-corrected chi connectivity index (χ4v) is 4.23. The highest BCUT2D eigenvalue weighted by atomic mass is 16.2. The van der Waals surface area contributed by atoms with Gasteiger partial charge in [-0.3, -0.25) is 24.0 Å². The molecular weight excluding hydrogens is 370 g/mol. The van der Waals surface area contributed by atoms with E-state index >= 15 is 0 Å². The largest absolute Gasteiger partial charge is 0.383 e. The first-order valence-electron chi connectivity index (χ1n) is 10.8. The molecule has 0 spiro atoms. The highest BCUT2D eigenvalue weighted by Gasteiger charge is 2.35. The fraction of sp³-hybridized carbons (Fsp3) is 0.762. The van der Waals surface area contributed by atoms with Gasteiger partial charge in [0.25, 0.3) is 11.5 Å². The Morgan fingerprint density at radius 2 is 1.90 bits per heavy atom. The maximum Gasteiger partial charge on any atom is 0.330 e. The Morgan fingerprint density at radius 1 is 1.28 bits per heavy atom. The van der Waals surface area contributed by atoms with Crippen LogP contribution in [0.3, 0.4) is 0 Å². The third kappa shape index (κ3) is 5.50. The molecule has 29 heavy (non-hydrogen) atoms. The molecule has 0 aromatic carbocycles. The van der Waals surface area contributed by atoms with Crippen LogP contribution in [0.5, 0.6) is 0 Å². The summed E-state index contributed by atoms with van der Waals surface area (Å²) in [7, 11) is 4.17. The van der Waals surface area contributed by atoms with E-state index in [0.717, 1.165) is 25.7 Å². The number of carbonyl (C=O) groups is 1. The van der Waals surface area contributed by atoms with E-state index in [-0.39, 0.29) is 23.3 Å². The Balaban J connectivity index is 2.42. The minimum atomic E-state index is -0.594. The molecule has 1 aromatic heterocycles. The van der Waals surface area contributed by atoms with Crippen molar-refractivity contribution in [3.63, 3.8) is 0 Å². The molecule has 0 saturated heterocycles. The molecule has 1 aliphatic carbocycles. The first-order chi connectivity index (χ1) is 13.6. The van der Waals surface area contributed by atoms with Crippen LogP contribution in [0.15, 0.2) is 9.59 Å². The topological polar surface area (TPSA) is 101 Å². The number of nitrogens with one attached hydrogen (secondary N) is 1. The van der Waals surface area contributed by atoms with Gasteiger partial charge in [-0.2, -0.15) is 0 Å². The molecule has 3 N–H and O–H groups in total. The Hall–Kier alpha value is -2.09. The molecular formula is C21H38N5O3+. The van der Waals surface area contributed by atoms with Gasteiger partial charge in [0.05, 0.1) is 20.1 Å². The fourth-order valence-electron chi connectivity index (χ4n) is 4.23. The number of rotatable bonds is 9. The van der Waals surface area contributed by atoms with Crippen LogP contribution in [0.2, 0.25) is 0 Å². The molecule has 2 rings (SSSR count). The van der Waals surface area contributed by atoms with Gasteiger partial charge in [-0.15, -0.1) is 0 Å². The zero-order valence-electron chi connectivity index (χ0n) is 18.7. The molecule has 0 aliphatic heterocycles. The number of H-pyrrole nitrogens is 1. The maximum atomic E-state index is 13.4. The zero-order chi connectivity index (χ0) is 21.8. The predicted octanol–water partition coefficient (Wildman–Crippen LogP) is 1.93. The van der Waals surface area contributed by atoms with Crippen LogP contribution in [0.25, 0.3) is 0 Å². The summed E-state index contributed by atoms with van der Waals surface area (Å²) in [5, 5.41) is 0. The average Bonchev–Trinajstić information content (AvgIpc) is 3.16. The number of hydrogen-bond donors (Lipinski definition) is 2. The number of quaternary nitrogens is 1. The van der Waals surface area contributed by atoms with E-state index in [9.17, 15) is 14.4 Å². The molecule has 0 bridgehead atoms. The normalized spacial score (nSPS) is 15.2. The lowest BCUT2D eigenvalue weighted by Crippen LogP contribution is -2.54. The number of aromatic amines is 1. The van der Waals surface area contributed by atoms with Crippen molar-refractivity contribution in [1.29, 1.82) is 0 Å². The summed E-state index contributed by atoms with van der Waals surface area (Å²) in [6.07, 6.45) is 6.28. The number of carbonyl (C=O) groups excluding carboxylic acids is 1. The first kappa shape index (κ1) is 23.2. The van der Waals surface area contributed by atoms with Gasteiger partial charge in [0.1, 0.15) is 5.82 Å². The minimum absolute atomic E-state index is 0.0723. The van der Waals surface area contributed by atoms with E-state index in [4.69, 9.17) is 5.73 Å². The van der Waals surface area contributed by atoms with E-state index < -0.39 is 11.2 Å². The van der Waals surface area contributed by atoms with E-state index in [2.05, 4.69) is 19.1 Å². The number of nitrogens with two attached hydrogens (primary N) is 1. The van der Waals surface area contributed by atoms with Crippen LogP contribution in [0, 0.1) is 5.92 Å². The molecule has 8 nitrogen and oxygen atoms in total. The second kappa shape index (κ2) is 9.61. The lowest BCUT2D eigenvalue weighted by atomic mass is 10.1. The predicted molar refractivity (Wildman–Crippen MR) is 117 cm³/mol. The zero-order valence-corrected chi connectivity index (χ0v) is 18.7. The van der Waals surface area contributed by atoms with Gasteiger partial charge in [0, 0.05) is 13.1 Å². The first-order valence-corrected chi connectivity index (χ1v) is 10.8. The highest BCUT2D eigenvalue weighted by Crippen LogP contribution is 2.27. The summed E-state index contributed by atoms with van der Waals surface area (Å²) in [5.74, 6) is 0.122. The van der Waals surface area contributed by atoms with Crippen molar-refractivity contribution in [2.45, 2.75) is 71.9 Å². The van der Waals surface area contributed by atoms with Gasteiger partial charge < -0.3 is 10.2 Å². The summed E-state index contributed by atoms with van der Waals surface area (Å²) in [4.78, 5) is 42.2. The lowest BCUT2D eigenvalue weighted by molar-refractivity contribution is -0.906. The van der Waals surface area contributed by atoms with Crippen molar-refractivity contribution in [1.82, 2.24) is 9.55 Å². The van der Waals surface area contributed by atoms with E-state index in [1.54, 1.807) is 0 Å². The average molecular weight is 409 g/mol. The maximum absolute atomic E-state index is 13.4. The van der Waals surface area contributed by atoms with E-state index in [0.29, 0.717) is 30.2 Å². The van der Waals surface area contributed by atoms with Gasteiger partial charge in [0.2, 0.25) is 0 Å². The monoisotopic (exact) mass is 408 g/mol. The molecule has 164 valence electrons. The van der Waals surface area contributed by atoms with E-state index in [1.165, 1.54) is 22.3 Å². The van der Waals surface area contributed by atoms with Crippen LogP contribution in [-0.4, -0.2) is 53.2 Å². The summed E-state index contributed by atoms with van der Waals surface area (Å²) in [5.41, 5.74) is 5.25. The Morgan fingerprint density at radius 3 is 2.45 bits per heavy atom. The van der Waals surface area contributed by atoms with Crippen molar-refractivity contribution in [2.75, 3.05) is 37.8 Å². The molecule has 0 atom stereocenters. The molecule has 0 unspecified atom stereocenters. The molecule has 8 heteroatoms.